The van der Waals surface area contributed by atoms with Crippen LogP contribution >= 0.6 is 23.4 Å². The van der Waals surface area contributed by atoms with Crippen LogP contribution in [0.3, 0.4) is 0 Å². The number of ether oxygens (including phenoxy) is 1. The zero-order valence-corrected chi connectivity index (χ0v) is 17.0. The molecule has 2 aromatic carbocycles. The van der Waals surface area contributed by atoms with E-state index in [0.29, 0.717) is 5.02 Å². The fourth-order valence-corrected chi connectivity index (χ4v) is 5.86. The Morgan fingerprint density at radius 1 is 1.26 bits per heavy atom. The molecule has 0 fully saturated rings. The first-order chi connectivity index (χ1) is 12.7. The predicted molar refractivity (Wildman–Crippen MR) is 110 cm³/mol. The maximum atomic E-state index is 11.1. The molecule has 0 saturated carbocycles. The van der Waals surface area contributed by atoms with Crippen LogP contribution in [0.5, 0.6) is 5.75 Å². The van der Waals surface area contributed by atoms with Gasteiger partial charge in [0.15, 0.2) is 0 Å². The number of anilines is 1. The average molecular weight is 403 g/mol. The minimum atomic E-state index is -0.414. The molecular formula is C20H19ClN2O3S. The Balaban J connectivity index is 1.87. The molecule has 27 heavy (non-hydrogen) atoms. The van der Waals surface area contributed by atoms with Gasteiger partial charge in [-0.05, 0) is 35.4 Å². The summed E-state index contributed by atoms with van der Waals surface area (Å²) in [7, 11) is 3.74. The lowest BCUT2D eigenvalue weighted by Gasteiger charge is -2.45. The molecule has 5 nitrogen and oxygen atoms in total. The molecule has 1 unspecified atom stereocenters. The molecule has 0 amide bonds. The summed E-state index contributed by atoms with van der Waals surface area (Å²) in [6, 6.07) is 9.13. The number of hydrogen-bond acceptors (Lipinski definition) is 5. The molecule has 4 rings (SSSR count). The molecule has 1 atom stereocenters. The Kier molecular flexibility index (Phi) is 3.98. The molecule has 2 heterocycles. The molecule has 0 saturated heterocycles. The minimum absolute atomic E-state index is 0.00649. The SMILES string of the molecule is COc1ccc2c(c1)C(C)(C)C1(C=Cc3cc([N+](=O)[O-])cc(Cl)c3S1)N2C. The van der Waals surface area contributed by atoms with Crippen LogP contribution < -0.4 is 9.64 Å². The van der Waals surface area contributed by atoms with Crippen LogP contribution in [0.25, 0.3) is 6.08 Å². The van der Waals surface area contributed by atoms with Gasteiger partial charge in [0, 0.05) is 35.2 Å². The highest BCUT2D eigenvalue weighted by Gasteiger charge is 2.56. The van der Waals surface area contributed by atoms with Crippen molar-refractivity contribution in [3.05, 3.63) is 62.7 Å². The van der Waals surface area contributed by atoms with Crippen molar-refractivity contribution in [1.29, 1.82) is 0 Å². The predicted octanol–water partition coefficient (Wildman–Crippen LogP) is 5.50. The van der Waals surface area contributed by atoms with Crippen LogP contribution in [0.1, 0.15) is 25.0 Å². The van der Waals surface area contributed by atoms with Gasteiger partial charge in [0.2, 0.25) is 0 Å². The monoisotopic (exact) mass is 402 g/mol. The summed E-state index contributed by atoms with van der Waals surface area (Å²) >= 11 is 8.10. The van der Waals surface area contributed by atoms with Gasteiger partial charge in [-0.15, -0.1) is 0 Å². The number of hydrogen-bond donors (Lipinski definition) is 0. The zero-order chi connectivity index (χ0) is 19.6. The van der Waals surface area contributed by atoms with Gasteiger partial charge in [0.05, 0.1) is 17.1 Å². The third kappa shape index (κ3) is 2.39. The third-order valence-electron chi connectivity index (χ3n) is 5.65. The maximum absolute atomic E-state index is 11.1. The highest BCUT2D eigenvalue weighted by molar-refractivity contribution is 8.01. The largest absolute Gasteiger partial charge is 0.497 e. The second-order valence-electron chi connectivity index (χ2n) is 7.30. The average Bonchev–Trinajstić information content (AvgIpc) is 2.80. The Morgan fingerprint density at radius 2 is 2.00 bits per heavy atom. The van der Waals surface area contributed by atoms with Crippen LogP contribution in [0.15, 0.2) is 41.3 Å². The van der Waals surface area contributed by atoms with Crippen molar-refractivity contribution in [2.24, 2.45) is 0 Å². The van der Waals surface area contributed by atoms with Crippen molar-refractivity contribution in [3.8, 4) is 5.75 Å². The first-order valence-corrected chi connectivity index (χ1v) is 9.69. The van der Waals surface area contributed by atoms with Gasteiger partial charge in [0.25, 0.3) is 5.69 Å². The van der Waals surface area contributed by atoms with Crippen molar-refractivity contribution >= 4 is 40.8 Å². The van der Waals surface area contributed by atoms with E-state index in [9.17, 15) is 10.1 Å². The number of rotatable bonds is 2. The molecule has 2 aromatic rings. The molecule has 0 radical (unpaired) electrons. The summed E-state index contributed by atoms with van der Waals surface area (Å²) in [5.74, 6) is 0.825. The first kappa shape index (κ1) is 18.2. The smallest absolute Gasteiger partial charge is 0.271 e. The van der Waals surface area contributed by atoms with E-state index in [1.807, 2.05) is 12.1 Å². The number of nitrogens with zero attached hydrogens (tertiary/aromatic N) is 2. The minimum Gasteiger partial charge on any atom is -0.497 e. The standard InChI is InChI=1S/C20H19ClN2O3S/c1-19(2)15-11-14(26-4)5-6-17(15)22(3)20(19)8-7-12-9-13(23(24)25)10-16(21)18(12)27-20/h5-11H,1-4H3. The second kappa shape index (κ2) is 5.91. The van der Waals surface area contributed by atoms with Crippen LogP contribution in [-0.4, -0.2) is 24.0 Å². The van der Waals surface area contributed by atoms with E-state index in [4.69, 9.17) is 16.3 Å². The van der Waals surface area contributed by atoms with E-state index in [0.717, 1.165) is 21.9 Å². The molecular weight excluding hydrogens is 384 g/mol. The lowest BCUT2D eigenvalue weighted by atomic mass is 9.79. The molecule has 0 aliphatic carbocycles. The Labute approximate surface area is 167 Å². The number of nitro benzene ring substituents is 1. The quantitative estimate of drug-likeness (QED) is 0.490. The van der Waals surface area contributed by atoms with Gasteiger partial charge >= 0.3 is 0 Å². The van der Waals surface area contributed by atoms with E-state index in [-0.39, 0.29) is 11.1 Å². The van der Waals surface area contributed by atoms with Crippen molar-refractivity contribution in [3.63, 3.8) is 0 Å². The van der Waals surface area contributed by atoms with Gasteiger partial charge < -0.3 is 9.64 Å². The van der Waals surface area contributed by atoms with Crippen LogP contribution in [-0.2, 0) is 5.41 Å². The number of benzene rings is 2. The van der Waals surface area contributed by atoms with Crippen LogP contribution in [0, 0.1) is 10.1 Å². The summed E-state index contributed by atoms with van der Waals surface area (Å²) in [6.45, 7) is 4.41. The molecule has 7 heteroatoms. The second-order valence-corrected chi connectivity index (χ2v) is 8.94. The first-order valence-electron chi connectivity index (χ1n) is 8.50. The van der Waals surface area contributed by atoms with Crippen LogP contribution in [0.4, 0.5) is 11.4 Å². The molecule has 2 aliphatic heterocycles. The van der Waals surface area contributed by atoms with Crippen molar-refractivity contribution in [1.82, 2.24) is 0 Å². The Hall–Kier alpha value is -2.18. The van der Waals surface area contributed by atoms with E-state index in [1.54, 1.807) is 24.9 Å². The van der Waals surface area contributed by atoms with Crippen LogP contribution in [0.2, 0.25) is 5.02 Å². The lowest BCUT2D eigenvalue weighted by Crippen LogP contribution is -2.50. The number of halogens is 1. The van der Waals surface area contributed by atoms with Crippen molar-refractivity contribution in [2.45, 2.75) is 29.0 Å². The van der Waals surface area contributed by atoms with E-state index in [2.05, 4.69) is 44.0 Å². The zero-order valence-electron chi connectivity index (χ0n) is 15.4. The number of likely N-dealkylation sites (N-methyl/N-ethyl adjacent to an activating group) is 1. The molecule has 0 aromatic heterocycles. The fraction of sp³-hybridized carbons (Fsp3) is 0.300. The Morgan fingerprint density at radius 3 is 2.67 bits per heavy atom. The number of nitro groups is 1. The molecule has 0 bridgehead atoms. The molecule has 2 aliphatic rings. The molecule has 140 valence electrons. The van der Waals surface area contributed by atoms with Gasteiger partial charge in [-0.2, -0.15) is 0 Å². The third-order valence-corrected chi connectivity index (χ3v) is 7.95. The van der Waals surface area contributed by atoms with E-state index in [1.165, 1.54) is 11.6 Å². The topological polar surface area (TPSA) is 55.6 Å². The molecule has 1 spiro atoms. The number of non-ortho nitro benzene ring substituents is 1. The number of thioether (sulfide) groups is 1. The Bertz CT molecular complexity index is 1000. The highest BCUT2D eigenvalue weighted by Crippen LogP contribution is 2.61. The summed E-state index contributed by atoms with van der Waals surface area (Å²) in [5, 5.41) is 11.6. The fourth-order valence-electron chi connectivity index (χ4n) is 4.07. The van der Waals surface area contributed by atoms with Crippen molar-refractivity contribution in [2.75, 3.05) is 19.1 Å². The number of fused-ring (bicyclic) bond motifs is 2. The summed E-state index contributed by atoms with van der Waals surface area (Å²) in [4.78, 5) is 13.5. The maximum Gasteiger partial charge on any atom is 0.271 e. The van der Waals surface area contributed by atoms with Gasteiger partial charge in [-0.25, -0.2) is 0 Å². The van der Waals surface area contributed by atoms with Crippen molar-refractivity contribution < 1.29 is 9.66 Å². The highest BCUT2D eigenvalue weighted by atomic mass is 35.5. The van der Waals surface area contributed by atoms with E-state index < -0.39 is 9.79 Å². The summed E-state index contributed by atoms with van der Waals surface area (Å²) < 4.78 is 5.43. The summed E-state index contributed by atoms with van der Waals surface area (Å²) in [6.07, 6.45) is 4.08. The van der Waals surface area contributed by atoms with Gasteiger partial charge in [-0.1, -0.05) is 43.3 Å². The lowest BCUT2D eigenvalue weighted by molar-refractivity contribution is -0.384. The van der Waals surface area contributed by atoms with E-state index >= 15 is 0 Å². The van der Waals surface area contributed by atoms with Gasteiger partial charge in [-0.3, -0.25) is 10.1 Å². The number of methoxy groups -OCH3 is 1. The van der Waals surface area contributed by atoms with Gasteiger partial charge in [0.1, 0.15) is 10.6 Å². The summed E-state index contributed by atoms with van der Waals surface area (Å²) in [5.41, 5.74) is 2.88. The normalized spacial score (nSPS) is 21.9. The molecule has 0 N–H and O–H groups in total.